The maximum absolute atomic E-state index is 13.0. The normalized spacial score (nSPS) is 10.3. The van der Waals surface area contributed by atoms with Crippen LogP contribution < -0.4 is 4.74 Å². The predicted octanol–water partition coefficient (Wildman–Crippen LogP) is 3.57. The average Bonchev–Trinajstić information content (AvgIpc) is 2.42. The van der Waals surface area contributed by atoms with E-state index in [2.05, 4.69) is 0 Å². The average molecular weight is 258 g/mol. The van der Waals surface area contributed by atoms with Gasteiger partial charge in [0.1, 0.15) is 11.6 Å². The van der Waals surface area contributed by atoms with E-state index in [1.807, 2.05) is 0 Å². The van der Waals surface area contributed by atoms with E-state index in [9.17, 15) is 9.18 Å². The topological polar surface area (TPSA) is 26.3 Å². The van der Waals surface area contributed by atoms with E-state index in [1.165, 1.54) is 12.1 Å². The third-order valence-corrected chi connectivity index (χ3v) is 3.05. The van der Waals surface area contributed by atoms with Gasteiger partial charge in [-0.15, -0.1) is 0 Å². The van der Waals surface area contributed by atoms with Crippen molar-refractivity contribution < 1.29 is 13.9 Å². The first kappa shape index (κ1) is 13.3. The van der Waals surface area contributed by atoms with Crippen molar-refractivity contribution in [3.8, 4) is 5.75 Å². The zero-order valence-corrected chi connectivity index (χ0v) is 10.9. The first-order valence-corrected chi connectivity index (χ1v) is 6.02. The van der Waals surface area contributed by atoms with Crippen molar-refractivity contribution in [2.45, 2.75) is 13.3 Å². The summed E-state index contributed by atoms with van der Waals surface area (Å²) in [7, 11) is 1.56. The van der Waals surface area contributed by atoms with Crippen LogP contribution in [0.15, 0.2) is 42.5 Å². The lowest BCUT2D eigenvalue weighted by Gasteiger charge is -2.06. The Morgan fingerprint density at radius 2 is 2.00 bits per heavy atom. The number of carbonyl (C=O) groups excluding carboxylic acids is 1. The van der Waals surface area contributed by atoms with Gasteiger partial charge < -0.3 is 4.74 Å². The number of ether oxygens (including phenoxy) is 1. The predicted molar refractivity (Wildman–Crippen MR) is 72.2 cm³/mol. The Labute approximate surface area is 111 Å². The highest BCUT2D eigenvalue weighted by molar-refractivity contribution is 5.98. The first-order chi connectivity index (χ1) is 9.10. The van der Waals surface area contributed by atoms with Gasteiger partial charge in [-0.05, 0) is 42.3 Å². The summed E-state index contributed by atoms with van der Waals surface area (Å²) < 4.78 is 18.1. The highest BCUT2D eigenvalue weighted by atomic mass is 19.1. The second kappa shape index (κ2) is 5.65. The molecule has 0 bridgehead atoms. The molecule has 3 heteroatoms. The summed E-state index contributed by atoms with van der Waals surface area (Å²) in [6, 6.07) is 11.5. The molecule has 0 aliphatic heterocycles. The zero-order valence-electron chi connectivity index (χ0n) is 10.9. The number of benzene rings is 2. The van der Waals surface area contributed by atoms with Gasteiger partial charge in [0.05, 0.1) is 7.11 Å². The fourth-order valence-corrected chi connectivity index (χ4v) is 1.93. The number of Topliss-reactive ketones (excluding diaryl/α,β-unsaturated/α-hetero) is 1. The van der Waals surface area contributed by atoms with E-state index >= 15 is 0 Å². The van der Waals surface area contributed by atoms with Crippen molar-refractivity contribution in [1.82, 2.24) is 0 Å². The molecule has 0 radical (unpaired) electrons. The van der Waals surface area contributed by atoms with Crippen LogP contribution in [-0.4, -0.2) is 12.9 Å². The van der Waals surface area contributed by atoms with Crippen LogP contribution in [0.5, 0.6) is 5.75 Å². The van der Waals surface area contributed by atoms with Gasteiger partial charge in [0.15, 0.2) is 5.78 Å². The Hall–Kier alpha value is -2.16. The minimum Gasteiger partial charge on any atom is -0.497 e. The monoisotopic (exact) mass is 258 g/mol. The Kier molecular flexibility index (Phi) is 3.95. The standard InChI is InChI=1S/C16H15FO2/c1-11-8-14(17)7-6-12(11)10-16(18)13-4-3-5-15(9-13)19-2/h3-9H,10H2,1-2H3. The Bertz CT molecular complexity index is 605. The quantitative estimate of drug-likeness (QED) is 0.784. The molecule has 98 valence electrons. The molecular weight excluding hydrogens is 243 g/mol. The van der Waals surface area contributed by atoms with Crippen LogP contribution in [-0.2, 0) is 6.42 Å². The lowest BCUT2D eigenvalue weighted by Crippen LogP contribution is -2.05. The third kappa shape index (κ3) is 3.19. The molecule has 2 rings (SSSR count). The van der Waals surface area contributed by atoms with Crippen LogP contribution in [0.25, 0.3) is 0 Å². The van der Waals surface area contributed by atoms with E-state index in [1.54, 1.807) is 44.4 Å². The molecule has 0 saturated carbocycles. The van der Waals surface area contributed by atoms with Crippen LogP contribution in [0.4, 0.5) is 4.39 Å². The van der Waals surface area contributed by atoms with Crippen LogP contribution in [0, 0.1) is 12.7 Å². The molecule has 0 N–H and O–H groups in total. The number of methoxy groups -OCH3 is 1. The maximum Gasteiger partial charge on any atom is 0.167 e. The summed E-state index contributed by atoms with van der Waals surface area (Å²) in [6.07, 6.45) is 0.263. The van der Waals surface area contributed by atoms with Crippen molar-refractivity contribution in [1.29, 1.82) is 0 Å². The molecular formula is C16H15FO2. The Balaban J connectivity index is 2.20. The third-order valence-electron chi connectivity index (χ3n) is 3.05. The van der Waals surface area contributed by atoms with Crippen LogP contribution >= 0.6 is 0 Å². The Morgan fingerprint density at radius 3 is 2.68 bits per heavy atom. The van der Waals surface area contributed by atoms with Gasteiger partial charge in [-0.3, -0.25) is 4.79 Å². The van der Waals surface area contributed by atoms with Crippen LogP contribution in [0.3, 0.4) is 0 Å². The van der Waals surface area contributed by atoms with Crippen molar-refractivity contribution in [2.24, 2.45) is 0 Å². The number of halogens is 1. The van der Waals surface area contributed by atoms with Gasteiger partial charge in [0, 0.05) is 12.0 Å². The van der Waals surface area contributed by atoms with Crippen LogP contribution in [0.1, 0.15) is 21.5 Å². The van der Waals surface area contributed by atoms with E-state index in [0.29, 0.717) is 11.3 Å². The van der Waals surface area contributed by atoms with Crippen molar-refractivity contribution >= 4 is 5.78 Å². The summed E-state index contributed by atoms with van der Waals surface area (Å²) >= 11 is 0. The van der Waals surface area contributed by atoms with Crippen molar-refractivity contribution in [3.05, 3.63) is 65.0 Å². The lowest BCUT2D eigenvalue weighted by molar-refractivity contribution is 0.0992. The molecule has 0 spiro atoms. The highest BCUT2D eigenvalue weighted by Gasteiger charge is 2.10. The second-order valence-corrected chi connectivity index (χ2v) is 4.40. The number of hydrogen-bond acceptors (Lipinski definition) is 2. The molecule has 19 heavy (non-hydrogen) atoms. The number of carbonyl (C=O) groups is 1. The molecule has 2 aromatic rings. The minimum atomic E-state index is -0.282. The van der Waals surface area contributed by atoms with E-state index < -0.39 is 0 Å². The number of hydrogen-bond donors (Lipinski definition) is 0. The van der Waals surface area contributed by atoms with Gasteiger partial charge in [-0.2, -0.15) is 0 Å². The minimum absolute atomic E-state index is 0.00592. The molecule has 0 saturated heterocycles. The van der Waals surface area contributed by atoms with Gasteiger partial charge in [-0.1, -0.05) is 18.2 Å². The van der Waals surface area contributed by atoms with E-state index in [-0.39, 0.29) is 18.0 Å². The van der Waals surface area contributed by atoms with Gasteiger partial charge in [-0.25, -0.2) is 4.39 Å². The fraction of sp³-hybridized carbons (Fsp3) is 0.188. The molecule has 0 aromatic heterocycles. The molecule has 0 aliphatic carbocycles. The van der Waals surface area contributed by atoms with Crippen molar-refractivity contribution in [3.63, 3.8) is 0 Å². The fourth-order valence-electron chi connectivity index (χ4n) is 1.93. The van der Waals surface area contributed by atoms with Gasteiger partial charge in [0.2, 0.25) is 0 Å². The van der Waals surface area contributed by atoms with Gasteiger partial charge >= 0.3 is 0 Å². The molecule has 2 aromatic carbocycles. The Morgan fingerprint density at radius 1 is 1.21 bits per heavy atom. The van der Waals surface area contributed by atoms with E-state index in [0.717, 1.165) is 11.1 Å². The summed E-state index contributed by atoms with van der Waals surface area (Å²) in [4.78, 5) is 12.2. The molecule has 0 fully saturated rings. The van der Waals surface area contributed by atoms with Crippen molar-refractivity contribution in [2.75, 3.05) is 7.11 Å². The second-order valence-electron chi connectivity index (χ2n) is 4.40. The summed E-state index contributed by atoms with van der Waals surface area (Å²) in [5, 5.41) is 0. The lowest BCUT2D eigenvalue weighted by atomic mass is 9.99. The zero-order chi connectivity index (χ0) is 13.8. The van der Waals surface area contributed by atoms with E-state index in [4.69, 9.17) is 4.74 Å². The first-order valence-electron chi connectivity index (χ1n) is 6.02. The maximum atomic E-state index is 13.0. The molecule has 0 amide bonds. The summed E-state index contributed by atoms with van der Waals surface area (Å²) in [6.45, 7) is 1.80. The molecule has 0 unspecified atom stereocenters. The molecule has 0 heterocycles. The molecule has 0 aliphatic rings. The molecule has 2 nitrogen and oxygen atoms in total. The largest absolute Gasteiger partial charge is 0.497 e. The number of aryl methyl sites for hydroxylation is 1. The van der Waals surface area contributed by atoms with Gasteiger partial charge in [0.25, 0.3) is 0 Å². The summed E-state index contributed by atoms with van der Waals surface area (Å²) in [5.41, 5.74) is 2.23. The molecule has 0 atom stereocenters. The summed E-state index contributed by atoms with van der Waals surface area (Å²) in [5.74, 6) is 0.366. The van der Waals surface area contributed by atoms with Crippen LogP contribution in [0.2, 0.25) is 0 Å². The number of rotatable bonds is 4. The smallest absolute Gasteiger partial charge is 0.167 e. The SMILES string of the molecule is COc1cccc(C(=O)Cc2ccc(F)cc2C)c1. The number of ketones is 1. The highest BCUT2D eigenvalue weighted by Crippen LogP contribution is 2.17.